The van der Waals surface area contributed by atoms with Crippen molar-refractivity contribution in [2.24, 2.45) is 5.41 Å². The highest BCUT2D eigenvalue weighted by molar-refractivity contribution is 6.06. The van der Waals surface area contributed by atoms with Crippen molar-refractivity contribution in [3.63, 3.8) is 0 Å². The Hall–Kier alpha value is -2.93. The van der Waals surface area contributed by atoms with Gasteiger partial charge in [0.1, 0.15) is 0 Å². The maximum atomic E-state index is 4.47. The second-order valence-electron chi connectivity index (χ2n) is 13.5. The van der Waals surface area contributed by atoms with Crippen molar-refractivity contribution in [3.05, 3.63) is 101 Å². The Morgan fingerprint density at radius 1 is 0.769 bits per heavy atom. The van der Waals surface area contributed by atoms with Gasteiger partial charge in [-0.05, 0) is 82.8 Å². The van der Waals surface area contributed by atoms with Gasteiger partial charge in [0.25, 0.3) is 0 Å². The summed E-state index contributed by atoms with van der Waals surface area (Å²) in [6.45, 7) is 23.9. The largest absolute Gasteiger partial charge is 0.210 e. The Bertz CT molecular complexity index is 1550. The number of hydrogen-bond acceptors (Lipinski definition) is 0. The van der Waals surface area contributed by atoms with Crippen LogP contribution in [0.2, 0.25) is 0 Å². The van der Waals surface area contributed by atoms with E-state index >= 15 is 0 Å². The van der Waals surface area contributed by atoms with Gasteiger partial charge in [0.05, 0.1) is 5.41 Å². The minimum Gasteiger partial charge on any atom is -0.189 e. The number of aromatic nitrogens is 1. The summed E-state index contributed by atoms with van der Waals surface area (Å²) in [5.74, 6) is 0. The van der Waals surface area contributed by atoms with E-state index in [1.165, 1.54) is 57.5 Å². The van der Waals surface area contributed by atoms with E-state index in [1.807, 2.05) is 0 Å². The number of nitrogens with zero attached hydrogens (tertiary/aromatic N) is 1. The molecule has 2 heterocycles. The molecule has 6 rings (SSSR count). The lowest BCUT2D eigenvalue weighted by atomic mass is 9.58. The highest BCUT2D eigenvalue weighted by Gasteiger charge is 2.63. The van der Waals surface area contributed by atoms with Crippen LogP contribution in [0.3, 0.4) is 0 Å². The third-order valence-electron chi connectivity index (χ3n) is 11.1. The summed E-state index contributed by atoms with van der Waals surface area (Å²) in [6, 6.07) is 18.9. The molecular formula is C38H46N+. The number of allylic oxidation sites excluding steroid dienone is 3. The smallest absolute Gasteiger partial charge is 0.189 e. The van der Waals surface area contributed by atoms with Crippen LogP contribution in [0.25, 0.3) is 22.3 Å². The lowest BCUT2D eigenvalue weighted by molar-refractivity contribution is -0.769. The first-order valence-corrected chi connectivity index (χ1v) is 15.3. The quantitative estimate of drug-likeness (QED) is 0.227. The molecule has 0 bridgehead atoms. The van der Waals surface area contributed by atoms with Crippen molar-refractivity contribution in [3.8, 4) is 11.1 Å². The molecule has 3 aliphatic rings. The Morgan fingerprint density at radius 3 is 2.21 bits per heavy atom. The molecule has 0 saturated carbocycles. The first kappa shape index (κ1) is 26.3. The minimum atomic E-state index is -0.182. The first-order valence-electron chi connectivity index (χ1n) is 15.3. The van der Waals surface area contributed by atoms with Crippen molar-refractivity contribution >= 4 is 11.1 Å². The molecule has 3 aromatic rings. The van der Waals surface area contributed by atoms with Gasteiger partial charge in [0, 0.05) is 35.0 Å². The van der Waals surface area contributed by atoms with Crippen LogP contribution < -0.4 is 4.57 Å². The number of benzene rings is 2. The number of fused-ring (bicyclic) bond motifs is 8. The second-order valence-corrected chi connectivity index (χ2v) is 13.5. The molecule has 0 radical (unpaired) electrons. The van der Waals surface area contributed by atoms with E-state index in [0.29, 0.717) is 0 Å². The molecule has 2 unspecified atom stereocenters. The number of unbranched alkanes of at least 4 members (excludes halogenated alkanes) is 1. The Morgan fingerprint density at radius 2 is 1.54 bits per heavy atom. The lowest BCUT2D eigenvalue weighted by Crippen LogP contribution is -2.67. The zero-order valence-electron chi connectivity index (χ0n) is 25.5. The van der Waals surface area contributed by atoms with Crippen molar-refractivity contribution in [1.29, 1.82) is 0 Å². The summed E-state index contributed by atoms with van der Waals surface area (Å²) in [7, 11) is 0. The molecule has 202 valence electrons. The van der Waals surface area contributed by atoms with Gasteiger partial charge < -0.3 is 0 Å². The highest BCUT2D eigenvalue weighted by atomic mass is 15.1. The van der Waals surface area contributed by atoms with Crippen LogP contribution in [-0.2, 0) is 22.8 Å². The number of rotatable bonds is 6. The summed E-state index contributed by atoms with van der Waals surface area (Å²) in [5.41, 5.74) is 14.6. The van der Waals surface area contributed by atoms with Crippen LogP contribution in [0.4, 0.5) is 0 Å². The first-order chi connectivity index (χ1) is 18.6. The average Bonchev–Trinajstić information content (AvgIpc) is 3.33. The van der Waals surface area contributed by atoms with Gasteiger partial charge in [-0.25, -0.2) is 0 Å². The van der Waals surface area contributed by atoms with Crippen molar-refractivity contribution in [2.45, 2.75) is 104 Å². The second kappa shape index (κ2) is 8.53. The molecule has 2 aromatic carbocycles. The predicted octanol–water partition coefficient (Wildman–Crippen LogP) is 9.55. The summed E-state index contributed by atoms with van der Waals surface area (Å²) in [4.78, 5) is 0. The van der Waals surface area contributed by atoms with Crippen molar-refractivity contribution < 1.29 is 4.57 Å². The summed E-state index contributed by atoms with van der Waals surface area (Å²) in [5, 5.41) is 0. The predicted molar refractivity (Wildman–Crippen MR) is 166 cm³/mol. The molecule has 0 amide bonds. The Kier molecular flexibility index (Phi) is 5.75. The van der Waals surface area contributed by atoms with Crippen LogP contribution in [-0.4, -0.2) is 0 Å². The van der Waals surface area contributed by atoms with Crippen LogP contribution in [0.5, 0.6) is 0 Å². The van der Waals surface area contributed by atoms with Crippen molar-refractivity contribution in [2.75, 3.05) is 0 Å². The van der Waals surface area contributed by atoms with E-state index in [4.69, 9.17) is 0 Å². The molecular weight excluding hydrogens is 470 g/mol. The maximum Gasteiger partial charge on any atom is 0.210 e. The van der Waals surface area contributed by atoms with Gasteiger partial charge in [0.15, 0.2) is 11.7 Å². The van der Waals surface area contributed by atoms with E-state index in [9.17, 15) is 0 Å². The monoisotopic (exact) mass is 516 g/mol. The summed E-state index contributed by atoms with van der Waals surface area (Å²) in [6.07, 6.45) is 10.3. The zero-order valence-corrected chi connectivity index (χ0v) is 25.5. The minimum absolute atomic E-state index is 0.00177. The summed E-state index contributed by atoms with van der Waals surface area (Å²) >= 11 is 0. The number of aryl methyl sites for hydroxylation is 1. The fourth-order valence-corrected chi connectivity index (χ4v) is 9.10. The van der Waals surface area contributed by atoms with Crippen molar-refractivity contribution in [1.82, 2.24) is 0 Å². The number of hydrogen-bond donors (Lipinski definition) is 0. The van der Waals surface area contributed by atoms with Crippen LogP contribution in [0, 0.1) is 5.41 Å². The van der Waals surface area contributed by atoms with Crippen LogP contribution in [0.1, 0.15) is 115 Å². The maximum absolute atomic E-state index is 4.47. The third kappa shape index (κ3) is 3.00. The summed E-state index contributed by atoms with van der Waals surface area (Å²) < 4.78 is 2.57. The molecule has 2 aliphatic carbocycles. The van der Waals surface area contributed by atoms with E-state index < -0.39 is 0 Å². The lowest BCUT2D eigenvalue weighted by Gasteiger charge is -2.47. The molecule has 1 aromatic heterocycles. The van der Waals surface area contributed by atoms with Gasteiger partial charge in [-0.1, -0.05) is 91.8 Å². The van der Waals surface area contributed by atoms with Crippen LogP contribution >= 0.6 is 0 Å². The molecule has 0 spiro atoms. The molecule has 1 aliphatic heterocycles. The third-order valence-corrected chi connectivity index (χ3v) is 11.1. The molecule has 1 nitrogen and oxygen atoms in total. The average molecular weight is 517 g/mol. The molecule has 2 atom stereocenters. The topological polar surface area (TPSA) is 3.88 Å². The van der Waals surface area contributed by atoms with Gasteiger partial charge in [-0.2, -0.15) is 4.57 Å². The van der Waals surface area contributed by atoms with Gasteiger partial charge in [0.2, 0.25) is 5.69 Å². The fourth-order valence-electron chi connectivity index (χ4n) is 9.10. The molecule has 39 heavy (non-hydrogen) atoms. The number of pyridine rings is 1. The van der Waals surface area contributed by atoms with Gasteiger partial charge >= 0.3 is 0 Å². The normalized spacial score (nSPS) is 25.0. The fraction of sp³-hybridized carbons (Fsp3) is 0.447. The zero-order chi connectivity index (χ0) is 28.0. The van der Waals surface area contributed by atoms with Gasteiger partial charge in [-0.15, -0.1) is 0 Å². The standard InChI is InChI=1S/C38H46N/c1-10-14-18-25-19-17-20-26-30-28(35(5,6)31(25)26)23-22-27-32(30)36(7,8)34-29-21-15-16-24-39(29)38(12-3,13-4)37(9,11-2)33(27)34/h12,15-17,19-24H,3,10-11,13-14,18H2,1-2,4-9H3/q+1. The molecule has 0 fully saturated rings. The Balaban J connectivity index is 1.72. The van der Waals surface area contributed by atoms with Crippen LogP contribution in [0.15, 0.2) is 67.4 Å². The van der Waals surface area contributed by atoms with Gasteiger partial charge in [-0.3, -0.25) is 0 Å². The van der Waals surface area contributed by atoms with E-state index in [0.717, 1.165) is 19.3 Å². The van der Waals surface area contributed by atoms with E-state index in [1.54, 1.807) is 11.1 Å². The molecule has 0 N–H and O–H groups in total. The van der Waals surface area contributed by atoms with E-state index in [2.05, 4.69) is 127 Å². The molecule has 1 heteroatoms. The SMILES string of the molecule is C=CC1(CC)[n+]2ccccc2C2=C(c3ccc4c(c3C2(C)C)-c2cccc(CCCC)c2C4(C)C)C1(C)CC. The highest BCUT2D eigenvalue weighted by Crippen LogP contribution is 2.66. The van der Waals surface area contributed by atoms with E-state index in [-0.39, 0.29) is 21.8 Å². The molecule has 0 saturated heterocycles. The Labute approximate surface area is 236 Å².